The Bertz CT molecular complexity index is 770. The van der Waals surface area contributed by atoms with Crippen molar-refractivity contribution in [3.05, 3.63) is 28.3 Å². The van der Waals surface area contributed by atoms with Crippen LogP contribution in [0.1, 0.15) is 40.2 Å². The van der Waals surface area contributed by atoms with Crippen molar-refractivity contribution in [2.45, 2.75) is 38.9 Å². The van der Waals surface area contributed by atoms with Gasteiger partial charge >= 0.3 is 6.18 Å². The molecule has 0 fully saturated rings. The van der Waals surface area contributed by atoms with Crippen molar-refractivity contribution in [2.75, 3.05) is 13.6 Å². The molecule has 0 N–H and O–H groups in total. The Hall–Kier alpha value is -1.97. The number of aromatic nitrogens is 4. The Morgan fingerprint density at radius 2 is 2.24 bits per heavy atom. The van der Waals surface area contributed by atoms with Gasteiger partial charge in [0.1, 0.15) is 10.7 Å². The van der Waals surface area contributed by atoms with E-state index < -0.39 is 11.9 Å². The van der Waals surface area contributed by atoms with Gasteiger partial charge in [0.2, 0.25) is 0 Å². The predicted molar refractivity (Wildman–Crippen MR) is 85.3 cm³/mol. The molecule has 0 bridgehead atoms. The zero-order chi connectivity index (χ0) is 18.2. The van der Waals surface area contributed by atoms with Crippen LogP contribution in [-0.2, 0) is 25.6 Å². The Balaban J connectivity index is 1.66. The number of nitrogens with zero attached hydrogens (tertiary/aromatic N) is 5. The fourth-order valence-corrected chi connectivity index (χ4v) is 3.79. The molecule has 25 heavy (non-hydrogen) atoms. The van der Waals surface area contributed by atoms with Crippen molar-refractivity contribution in [3.8, 4) is 0 Å². The molecule has 0 spiro atoms. The van der Waals surface area contributed by atoms with Crippen LogP contribution < -0.4 is 0 Å². The Labute approximate surface area is 146 Å². The molecular weight excluding hydrogens is 355 g/mol. The summed E-state index contributed by atoms with van der Waals surface area (Å²) in [6.07, 6.45) is -1.56. The van der Waals surface area contributed by atoms with Crippen LogP contribution in [0.2, 0.25) is 0 Å². The number of fused-ring (bicyclic) bond motifs is 1. The number of hydrogen-bond acceptors (Lipinski definition) is 5. The average Bonchev–Trinajstić information content (AvgIpc) is 3.19. The zero-order valence-electron chi connectivity index (χ0n) is 13.9. The van der Waals surface area contributed by atoms with E-state index in [1.165, 1.54) is 0 Å². The van der Waals surface area contributed by atoms with Crippen LogP contribution in [0.15, 0.2) is 6.20 Å². The summed E-state index contributed by atoms with van der Waals surface area (Å²) >= 11 is 1.07. The number of carbonyl (C=O) groups excluding carboxylic acids is 1. The van der Waals surface area contributed by atoms with Gasteiger partial charge in [0, 0.05) is 32.8 Å². The minimum Gasteiger partial charge on any atom is -0.341 e. The van der Waals surface area contributed by atoms with Gasteiger partial charge in [0.15, 0.2) is 5.69 Å². The van der Waals surface area contributed by atoms with Gasteiger partial charge in [0.05, 0.1) is 5.69 Å². The molecule has 1 aliphatic heterocycles. The third-order valence-corrected chi connectivity index (χ3v) is 5.10. The lowest BCUT2D eigenvalue weighted by Gasteiger charge is -2.28. The van der Waals surface area contributed by atoms with Crippen molar-refractivity contribution in [1.82, 2.24) is 24.0 Å². The van der Waals surface area contributed by atoms with E-state index in [0.717, 1.165) is 17.7 Å². The highest BCUT2D eigenvalue weighted by Crippen LogP contribution is 2.31. The first-order valence-electron chi connectivity index (χ1n) is 7.99. The van der Waals surface area contributed by atoms with Gasteiger partial charge in [-0.25, -0.2) is 4.98 Å². The monoisotopic (exact) mass is 373 g/mol. The standard InChI is InChI=1S/C15H18F3N5OS/c1-3-10-13(25-21-20-10)14(24)22(2)6-9-4-5-12-19-11(15(16,17)18)8-23(12)7-9/h8-9H,3-7H2,1-2H3/t9-/m0/s1. The number of imidazole rings is 1. The summed E-state index contributed by atoms with van der Waals surface area (Å²) in [4.78, 5) is 18.3. The van der Waals surface area contributed by atoms with E-state index in [0.29, 0.717) is 48.7 Å². The Morgan fingerprint density at radius 1 is 1.48 bits per heavy atom. The van der Waals surface area contributed by atoms with E-state index in [1.54, 1.807) is 16.5 Å². The molecule has 1 atom stereocenters. The van der Waals surface area contributed by atoms with Crippen LogP contribution in [0.25, 0.3) is 0 Å². The second kappa shape index (κ2) is 6.74. The molecule has 6 nitrogen and oxygen atoms in total. The summed E-state index contributed by atoms with van der Waals surface area (Å²) < 4.78 is 43.7. The van der Waals surface area contributed by atoms with Crippen molar-refractivity contribution >= 4 is 17.4 Å². The van der Waals surface area contributed by atoms with E-state index in [9.17, 15) is 18.0 Å². The first kappa shape index (κ1) is 17.8. The number of hydrogen-bond donors (Lipinski definition) is 0. The minimum absolute atomic E-state index is 0.0858. The number of halogens is 3. The van der Waals surface area contributed by atoms with Crippen LogP contribution in [0.5, 0.6) is 0 Å². The van der Waals surface area contributed by atoms with Gasteiger partial charge in [0.25, 0.3) is 5.91 Å². The molecule has 0 radical (unpaired) electrons. The molecule has 1 amide bonds. The van der Waals surface area contributed by atoms with Crippen LogP contribution in [-0.4, -0.2) is 43.5 Å². The lowest BCUT2D eigenvalue weighted by Crippen LogP contribution is -2.35. The largest absolute Gasteiger partial charge is 0.434 e. The SMILES string of the molecule is CCc1nnsc1C(=O)N(C)C[C@@H]1CCc2nc(C(F)(F)F)cn2C1. The minimum atomic E-state index is -4.43. The van der Waals surface area contributed by atoms with Crippen molar-refractivity contribution in [2.24, 2.45) is 5.92 Å². The molecule has 3 heterocycles. The van der Waals surface area contributed by atoms with Gasteiger partial charge in [-0.2, -0.15) is 13.2 Å². The highest BCUT2D eigenvalue weighted by Gasteiger charge is 2.36. The zero-order valence-corrected chi connectivity index (χ0v) is 14.7. The highest BCUT2D eigenvalue weighted by molar-refractivity contribution is 7.07. The molecular formula is C15H18F3N5OS. The van der Waals surface area contributed by atoms with Crippen LogP contribution >= 0.6 is 11.5 Å². The van der Waals surface area contributed by atoms with Gasteiger partial charge < -0.3 is 9.47 Å². The summed E-state index contributed by atoms with van der Waals surface area (Å²) in [5.41, 5.74) is -0.173. The lowest BCUT2D eigenvalue weighted by atomic mass is 9.99. The smallest absolute Gasteiger partial charge is 0.341 e. The fraction of sp³-hybridized carbons (Fsp3) is 0.600. The maximum absolute atomic E-state index is 12.8. The molecule has 0 unspecified atom stereocenters. The van der Waals surface area contributed by atoms with Crippen LogP contribution in [0.4, 0.5) is 13.2 Å². The quantitative estimate of drug-likeness (QED) is 0.827. The normalized spacial score (nSPS) is 17.4. The number of alkyl halides is 3. The summed E-state index contributed by atoms with van der Waals surface area (Å²) in [6, 6.07) is 0. The van der Waals surface area contributed by atoms with Gasteiger partial charge in [-0.15, -0.1) is 5.10 Å². The van der Waals surface area contributed by atoms with Crippen molar-refractivity contribution in [1.29, 1.82) is 0 Å². The summed E-state index contributed by atoms with van der Waals surface area (Å²) in [5, 5.41) is 3.94. The van der Waals surface area contributed by atoms with Gasteiger partial charge in [-0.3, -0.25) is 4.79 Å². The highest BCUT2D eigenvalue weighted by atomic mass is 32.1. The third-order valence-electron chi connectivity index (χ3n) is 4.34. The molecule has 0 saturated heterocycles. The van der Waals surface area contributed by atoms with E-state index in [2.05, 4.69) is 14.6 Å². The van der Waals surface area contributed by atoms with Crippen LogP contribution in [0, 0.1) is 5.92 Å². The first-order chi connectivity index (χ1) is 11.8. The van der Waals surface area contributed by atoms with Gasteiger partial charge in [-0.05, 0) is 30.3 Å². The second-order valence-corrected chi connectivity index (χ2v) is 6.94. The van der Waals surface area contributed by atoms with Gasteiger partial charge in [-0.1, -0.05) is 11.4 Å². The fourth-order valence-electron chi connectivity index (χ4n) is 3.05. The summed E-state index contributed by atoms with van der Waals surface area (Å²) in [7, 11) is 1.70. The third kappa shape index (κ3) is 3.68. The van der Waals surface area contributed by atoms with Crippen LogP contribution in [0.3, 0.4) is 0 Å². The maximum Gasteiger partial charge on any atom is 0.434 e. The average molecular weight is 373 g/mol. The molecule has 0 aromatic carbocycles. The summed E-state index contributed by atoms with van der Waals surface area (Å²) in [5.74, 6) is 0.402. The maximum atomic E-state index is 12.8. The number of carbonyl (C=O) groups is 1. The molecule has 2 aromatic rings. The Morgan fingerprint density at radius 3 is 2.92 bits per heavy atom. The molecule has 10 heteroatoms. The molecule has 3 rings (SSSR count). The Kier molecular flexibility index (Phi) is 4.81. The first-order valence-corrected chi connectivity index (χ1v) is 8.76. The van der Waals surface area contributed by atoms with E-state index in [4.69, 9.17) is 0 Å². The van der Waals surface area contributed by atoms with Crippen molar-refractivity contribution in [3.63, 3.8) is 0 Å². The predicted octanol–water partition coefficient (Wildman–Crippen LogP) is 2.65. The number of aryl methyl sites for hydroxylation is 2. The van der Waals surface area contributed by atoms with E-state index >= 15 is 0 Å². The van der Waals surface area contributed by atoms with E-state index in [-0.39, 0.29) is 11.8 Å². The second-order valence-electron chi connectivity index (χ2n) is 6.19. The topological polar surface area (TPSA) is 63.9 Å². The van der Waals surface area contributed by atoms with E-state index in [1.807, 2.05) is 6.92 Å². The number of rotatable bonds is 4. The summed E-state index contributed by atoms with van der Waals surface area (Å²) in [6.45, 7) is 2.81. The molecule has 1 aliphatic rings. The molecule has 136 valence electrons. The molecule has 0 saturated carbocycles. The van der Waals surface area contributed by atoms with Crippen molar-refractivity contribution < 1.29 is 18.0 Å². The lowest BCUT2D eigenvalue weighted by molar-refractivity contribution is -0.141. The molecule has 2 aromatic heterocycles. The molecule has 0 aliphatic carbocycles. The number of amides is 1.